The Morgan fingerprint density at radius 2 is 1.84 bits per heavy atom. The van der Waals surface area contributed by atoms with Crippen LogP contribution in [0.25, 0.3) is 0 Å². The zero-order chi connectivity index (χ0) is 13.9. The first-order valence-electron chi connectivity index (χ1n) is 7.00. The van der Waals surface area contributed by atoms with Crippen LogP contribution in [0.4, 0.5) is 0 Å². The highest BCUT2D eigenvalue weighted by atomic mass is 35.5. The number of hydrogen-bond donors (Lipinski definition) is 1. The fourth-order valence-electron chi connectivity index (χ4n) is 2.81. The molecule has 0 bridgehead atoms. The van der Waals surface area contributed by atoms with Gasteiger partial charge >= 0.3 is 0 Å². The Morgan fingerprint density at radius 3 is 2.42 bits per heavy atom. The second-order valence-electron chi connectivity index (χ2n) is 5.33. The Morgan fingerprint density at radius 1 is 1.21 bits per heavy atom. The van der Waals surface area contributed by atoms with Crippen molar-refractivity contribution in [3.8, 4) is 0 Å². The lowest BCUT2D eigenvalue weighted by Crippen LogP contribution is -2.59. The Labute approximate surface area is 126 Å². The van der Waals surface area contributed by atoms with Gasteiger partial charge < -0.3 is 5.32 Å². The molecule has 0 amide bonds. The third kappa shape index (κ3) is 3.43. The molecule has 0 aliphatic carbocycles. The Kier molecular flexibility index (Phi) is 5.13. The Bertz CT molecular complexity index is 410. The molecule has 0 unspecified atom stereocenters. The topological polar surface area (TPSA) is 15.3 Å². The molecule has 1 aromatic rings. The van der Waals surface area contributed by atoms with Gasteiger partial charge in [0.1, 0.15) is 0 Å². The molecule has 19 heavy (non-hydrogen) atoms. The van der Waals surface area contributed by atoms with Gasteiger partial charge in [-0.05, 0) is 25.0 Å². The van der Waals surface area contributed by atoms with Crippen LogP contribution in [-0.2, 0) is 6.54 Å². The summed E-state index contributed by atoms with van der Waals surface area (Å²) < 4.78 is 0. The molecular weight excluding hydrogens is 279 g/mol. The summed E-state index contributed by atoms with van der Waals surface area (Å²) in [5.74, 6) is 0. The van der Waals surface area contributed by atoms with Gasteiger partial charge in [0.05, 0.1) is 0 Å². The number of nitrogens with zero attached hydrogens (tertiary/aromatic N) is 1. The normalized spacial score (nSPS) is 19.6. The van der Waals surface area contributed by atoms with Crippen LogP contribution in [0.15, 0.2) is 18.2 Å². The van der Waals surface area contributed by atoms with Gasteiger partial charge in [0.15, 0.2) is 0 Å². The molecule has 0 aromatic heterocycles. The van der Waals surface area contributed by atoms with Crippen molar-refractivity contribution < 1.29 is 0 Å². The second-order valence-corrected chi connectivity index (χ2v) is 6.14. The molecule has 1 N–H and O–H groups in total. The van der Waals surface area contributed by atoms with Crippen LogP contribution in [0.5, 0.6) is 0 Å². The average molecular weight is 301 g/mol. The lowest BCUT2D eigenvalue weighted by Gasteiger charge is -2.43. The quantitative estimate of drug-likeness (QED) is 0.905. The van der Waals surface area contributed by atoms with Gasteiger partial charge in [-0.1, -0.05) is 43.1 Å². The Hall–Kier alpha value is -0.280. The molecule has 2 nitrogen and oxygen atoms in total. The number of benzene rings is 1. The van der Waals surface area contributed by atoms with Crippen molar-refractivity contribution >= 4 is 23.2 Å². The third-order valence-corrected chi connectivity index (χ3v) is 4.96. The number of nitrogens with one attached hydrogen (secondary N) is 1. The van der Waals surface area contributed by atoms with E-state index in [4.69, 9.17) is 23.2 Å². The van der Waals surface area contributed by atoms with Crippen molar-refractivity contribution in [2.45, 2.75) is 38.8 Å². The fraction of sp³-hybridized carbons (Fsp3) is 0.600. The van der Waals surface area contributed by atoms with Crippen LogP contribution in [0.2, 0.25) is 10.0 Å². The maximum atomic E-state index is 6.26. The molecule has 1 heterocycles. The van der Waals surface area contributed by atoms with Crippen molar-refractivity contribution in [3.63, 3.8) is 0 Å². The van der Waals surface area contributed by atoms with Gasteiger partial charge in [-0.2, -0.15) is 0 Å². The van der Waals surface area contributed by atoms with E-state index in [-0.39, 0.29) is 5.54 Å². The van der Waals surface area contributed by atoms with E-state index in [1.165, 1.54) is 0 Å². The standard InChI is InChI=1S/C15H22Cl2N2/c1-3-15(4-2)11-19(9-8-18-15)10-12-13(16)6-5-7-14(12)17/h5-7,18H,3-4,8-11H2,1-2H3. The molecule has 0 saturated carbocycles. The number of rotatable bonds is 4. The van der Waals surface area contributed by atoms with Crippen LogP contribution in [-0.4, -0.2) is 30.1 Å². The van der Waals surface area contributed by atoms with E-state index in [0.717, 1.165) is 54.6 Å². The van der Waals surface area contributed by atoms with E-state index >= 15 is 0 Å². The SMILES string of the molecule is CCC1(CC)CN(Cc2c(Cl)cccc2Cl)CCN1. The summed E-state index contributed by atoms with van der Waals surface area (Å²) in [6, 6.07) is 5.73. The highest BCUT2D eigenvalue weighted by Gasteiger charge is 2.31. The molecule has 1 aromatic carbocycles. The van der Waals surface area contributed by atoms with E-state index in [0.29, 0.717) is 0 Å². The number of halogens is 2. The highest BCUT2D eigenvalue weighted by Crippen LogP contribution is 2.28. The number of hydrogen-bond acceptors (Lipinski definition) is 2. The molecule has 1 aliphatic heterocycles. The first-order valence-corrected chi connectivity index (χ1v) is 7.76. The highest BCUT2D eigenvalue weighted by molar-refractivity contribution is 6.35. The monoisotopic (exact) mass is 300 g/mol. The molecule has 2 rings (SSSR count). The molecule has 1 aliphatic rings. The third-order valence-electron chi connectivity index (χ3n) is 4.25. The van der Waals surface area contributed by atoms with E-state index in [9.17, 15) is 0 Å². The Balaban J connectivity index is 2.11. The van der Waals surface area contributed by atoms with Crippen LogP contribution < -0.4 is 5.32 Å². The molecule has 0 spiro atoms. The van der Waals surface area contributed by atoms with Crippen molar-refractivity contribution in [3.05, 3.63) is 33.8 Å². The van der Waals surface area contributed by atoms with E-state index < -0.39 is 0 Å². The molecule has 0 radical (unpaired) electrons. The summed E-state index contributed by atoms with van der Waals surface area (Å²) >= 11 is 12.5. The summed E-state index contributed by atoms with van der Waals surface area (Å²) in [5, 5.41) is 5.21. The molecule has 106 valence electrons. The van der Waals surface area contributed by atoms with Crippen LogP contribution in [0.3, 0.4) is 0 Å². The van der Waals surface area contributed by atoms with Gasteiger partial charge in [-0.3, -0.25) is 4.90 Å². The minimum Gasteiger partial charge on any atom is -0.309 e. The lowest BCUT2D eigenvalue weighted by molar-refractivity contribution is 0.118. The lowest BCUT2D eigenvalue weighted by atomic mass is 9.90. The van der Waals surface area contributed by atoms with Crippen molar-refractivity contribution in [1.29, 1.82) is 0 Å². The fourth-order valence-corrected chi connectivity index (χ4v) is 3.32. The van der Waals surface area contributed by atoms with Gasteiger partial charge in [0.25, 0.3) is 0 Å². The molecule has 1 saturated heterocycles. The summed E-state index contributed by atoms with van der Waals surface area (Å²) in [5.41, 5.74) is 1.29. The van der Waals surface area contributed by atoms with Gasteiger partial charge in [-0.15, -0.1) is 0 Å². The molecule has 1 fully saturated rings. The minimum absolute atomic E-state index is 0.242. The van der Waals surface area contributed by atoms with E-state index in [2.05, 4.69) is 24.1 Å². The van der Waals surface area contributed by atoms with Crippen LogP contribution in [0, 0.1) is 0 Å². The predicted octanol–water partition coefficient (Wildman–Crippen LogP) is 3.96. The van der Waals surface area contributed by atoms with Crippen molar-refractivity contribution in [2.75, 3.05) is 19.6 Å². The largest absolute Gasteiger partial charge is 0.309 e. The molecular formula is C15H22Cl2N2. The number of piperazine rings is 1. The zero-order valence-electron chi connectivity index (χ0n) is 11.7. The van der Waals surface area contributed by atoms with Crippen molar-refractivity contribution in [1.82, 2.24) is 10.2 Å². The smallest absolute Gasteiger partial charge is 0.0465 e. The summed E-state index contributed by atoms with van der Waals surface area (Å²) in [7, 11) is 0. The maximum absolute atomic E-state index is 6.26. The van der Waals surface area contributed by atoms with Gasteiger partial charge in [0, 0.05) is 47.3 Å². The second kappa shape index (κ2) is 6.45. The van der Waals surface area contributed by atoms with Gasteiger partial charge in [-0.25, -0.2) is 0 Å². The van der Waals surface area contributed by atoms with E-state index in [1.54, 1.807) is 0 Å². The summed E-state index contributed by atoms with van der Waals surface area (Å²) in [6.07, 6.45) is 2.30. The molecule has 4 heteroatoms. The first-order chi connectivity index (χ1) is 9.10. The predicted molar refractivity (Wildman–Crippen MR) is 83.1 cm³/mol. The molecule has 0 atom stereocenters. The van der Waals surface area contributed by atoms with Gasteiger partial charge in [0.2, 0.25) is 0 Å². The summed E-state index contributed by atoms with van der Waals surface area (Å²) in [6.45, 7) is 8.47. The van der Waals surface area contributed by atoms with Crippen LogP contribution in [0.1, 0.15) is 32.3 Å². The van der Waals surface area contributed by atoms with Crippen molar-refractivity contribution in [2.24, 2.45) is 0 Å². The maximum Gasteiger partial charge on any atom is 0.0465 e. The van der Waals surface area contributed by atoms with E-state index in [1.807, 2.05) is 18.2 Å². The average Bonchev–Trinajstić information content (AvgIpc) is 2.43. The first kappa shape index (κ1) is 15.1. The van der Waals surface area contributed by atoms with Crippen LogP contribution >= 0.6 is 23.2 Å². The minimum atomic E-state index is 0.242. The summed E-state index contributed by atoms with van der Waals surface area (Å²) in [4.78, 5) is 2.45. The zero-order valence-corrected chi connectivity index (χ0v) is 13.2.